The maximum Gasteiger partial charge on any atom is 0.306 e. The first kappa shape index (κ1) is 18.9. The van der Waals surface area contributed by atoms with Crippen molar-refractivity contribution in [3.05, 3.63) is 35.1 Å². The molecule has 1 fully saturated rings. The van der Waals surface area contributed by atoms with E-state index in [1.165, 1.54) is 4.90 Å². The van der Waals surface area contributed by atoms with Gasteiger partial charge in [-0.1, -0.05) is 18.2 Å². The molecule has 1 aromatic carbocycles. The summed E-state index contributed by atoms with van der Waals surface area (Å²) in [6.07, 6.45) is 0.890. The molecule has 2 amide bonds. The number of nitrogens with zero attached hydrogens (tertiary/aromatic N) is 2. The van der Waals surface area contributed by atoms with E-state index >= 15 is 0 Å². The Morgan fingerprint density at radius 2 is 1.89 bits per heavy atom. The van der Waals surface area contributed by atoms with Crippen molar-refractivity contribution >= 4 is 28.8 Å². The topological polar surface area (TPSA) is 91.1 Å². The lowest BCUT2D eigenvalue weighted by atomic mass is 9.97. The van der Waals surface area contributed by atoms with E-state index in [-0.39, 0.29) is 24.1 Å². The summed E-state index contributed by atoms with van der Waals surface area (Å²) in [5.74, 6) is -1.48. The van der Waals surface area contributed by atoms with Crippen molar-refractivity contribution in [2.45, 2.75) is 26.7 Å². The first-order chi connectivity index (χ1) is 12.8. The van der Waals surface area contributed by atoms with Gasteiger partial charge in [-0.25, -0.2) is 0 Å². The number of likely N-dealkylation sites (N-methyl/N-ethyl adjacent to an activating group) is 1. The van der Waals surface area contributed by atoms with Gasteiger partial charge in [-0.05, 0) is 32.3 Å². The van der Waals surface area contributed by atoms with Gasteiger partial charge in [-0.2, -0.15) is 0 Å². The number of aliphatic carboxylic acids is 1. The van der Waals surface area contributed by atoms with Gasteiger partial charge >= 0.3 is 5.97 Å². The predicted molar refractivity (Wildman–Crippen MR) is 99.6 cm³/mol. The molecule has 0 aliphatic carbocycles. The SMILES string of the molecule is Cc1c(C(=O)N(C)CC(=O)N2CCC(C(=O)O)CC2)oc2c(C)cccc12. The number of para-hydroxylation sites is 1. The Kier molecular flexibility index (Phi) is 5.21. The molecule has 0 bridgehead atoms. The Balaban J connectivity index is 1.68. The van der Waals surface area contributed by atoms with Gasteiger partial charge in [0.2, 0.25) is 5.91 Å². The molecule has 144 valence electrons. The minimum atomic E-state index is -0.815. The molecule has 0 radical (unpaired) electrons. The quantitative estimate of drug-likeness (QED) is 0.890. The van der Waals surface area contributed by atoms with Gasteiger partial charge in [-0.3, -0.25) is 14.4 Å². The Morgan fingerprint density at radius 3 is 2.48 bits per heavy atom. The number of fused-ring (bicyclic) bond motifs is 1. The zero-order valence-electron chi connectivity index (χ0n) is 15.8. The van der Waals surface area contributed by atoms with Crippen molar-refractivity contribution in [3.63, 3.8) is 0 Å². The number of likely N-dealkylation sites (tertiary alicyclic amines) is 1. The number of carbonyl (C=O) groups excluding carboxylic acids is 2. The number of hydrogen-bond acceptors (Lipinski definition) is 4. The van der Waals surface area contributed by atoms with Gasteiger partial charge in [0.05, 0.1) is 12.5 Å². The molecule has 7 heteroatoms. The second kappa shape index (κ2) is 7.42. The number of furan rings is 1. The van der Waals surface area contributed by atoms with Crippen LogP contribution in [0, 0.1) is 19.8 Å². The highest BCUT2D eigenvalue weighted by atomic mass is 16.4. The van der Waals surface area contributed by atoms with Crippen molar-refractivity contribution in [1.29, 1.82) is 0 Å². The monoisotopic (exact) mass is 372 g/mol. The van der Waals surface area contributed by atoms with Crippen LogP contribution >= 0.6 is 0 Å². The van der Waals surface area contributed by atoms with Crippen LogP contribution in [0.4, 0.5) is 0 Å². The number of hydrogen-bond donors (Lipinski definition) is 1. The van der Waals surface area contributed by atoms with Crippen LogP contribution < -0.4 is 0 Å². The van der Waals surface area contributed by atoms with Crippen LogP contribution in [0.25, 0.3) is 11.0 Å². The lowest BCUT2D eigenvalue weighted by molar-refractivity contribution is -0.145. The van der Waals surface area contributed by atoms with Crippen LogP contribution in [0.1, 0.15) is 34.5 Å². The first-order valence-electron chi connectivity index (χ1n) is 9.04. The Hall–Kier alpha value is -2.83. The molecule has 1 aromatic heterocycles. The predicted octanol–water partition coefficient (Wildman–Crippen LogP) is 2.44. The highest BCUT2D eigenvalue weighted by Crippen LogP contribution is 2.28. The number of rotatable bonds is 4. The number of carbonyl (C=O) groups is 3. The fourth-order valence-corrected chi connectivity index (χ4v) is 3.51. The third-order valence-corrected chi connectivity index (χ3v) is 5.27. The van der Waals surface area contributed by atoms with E-state index in [1.807, 2.05) is 32.0 Å². The first-order valence-corrected chi connectivity index (χ1v) is 9.04. The molecule has 2 heterocycles. The van der Waals surface area contributed by atoms with Crippen LogP contribution in [0.2, 0.25) is 0 Å². The van der Waals surface area contributed by atoms with Gasteiger partial charge in [0, 0.05) is 31.1 Å². The van der Waals surface area contributed by atoms with Crippen LogP contribution in [0.15, 0.2) is 22.6 Å². The smallest absolute Gasteiger partial charge is 0.306 e. The van der Waals surface area contributed by atoms with Gasteiger partial charge in [0.25, 0.3) is 5.91 Å². The zero-order valence-corrected chi connectivity index (χ0v) is 15.8. The largest absolute Gasteiger partial charge is 0.481 e. The molecular weight excluding hydrogens is 348 g/mol. The van der Waals surface area contributed by atoms with Crippen LogP contribution in [-0.2, 0) is 9.59 Å². The molecule has 0 unspecified atom stereocenters. The number of carboxylic acids is 1. The van der Waals surface area contributed by atoms with E-state index in [0.29, 0.717) is 31.5 Å². The van der Waals surface area contributed by atoms with Crippen molar-refractivity contribution in [3.8, 4) is 0 Å². The van der Waals surface area contributed by atoms with E-state index in [9.17, 15) is 14.4 Å². The molecule has 1 N–H and O–H groups in total. The highest BCUT2D eigenvalue weighted by Gasteiger charge is 2.29. The highest BCUT2D eigenvalue weighted by molar-refractivity contribution is 6.00. The summed E-state index contributed by atoms with van der Waals surface area (Å²) >= 11 is 0. The third-order valence-electron chi connectivity index (χ3n) is 5.27. The van der Waals surface area contributed by atoms with Crippen LogP contribution in [-0.4, -0.2) is 59.4 Å². The average Bonchev–Trinajstić information content (AvgIpc) is 2.99. The molecule has 27 heavy (non-hydrogen) atoms. The van der Waals surface area contributed by atoms with Gasteiger partial charge in [-0.15, -0.1) is 0 Å². The average molecular weight is 372 g/mol. The molecule has 2 aromatic rings. The maximum atomic E-state index is 12.8. The molecule has 1 saturated heterocycles. The molecule has 1 aliphatic rings. The summed E-state index contributed by atoms with van der Waals surface area (Å²) in [6, 6.07) is 5.76. The summed E-state index contributed by atoms with van der Waals surface area (Å²) in [6.45, 7) is 4.51. The van der Waals surface area contributed by atoms with Crippen molar-refractivity contribution in [1.82, 2.24) is 9.80 Å². The molecule has 1 aliphatic heterocycles. The van der Waals surface area contributed by atoms with E-state index in [2.05, 4.69) is 0 Å². The van der Waals surface area contributed by atoms with Gasteiger partial charge < -0.3 is 19.3 Å². The summed E-state index contributed by atoms with van der Waals surface area (Å²) in [7, 11) is 1.57. The minimum absolute atomic E-state index is 0.0635. The summed E-state index contributed by atoms with van der Waals surface area (Å²) in [4.78, 5) is 39.3. The van der Waals surface area contributed by atoms with Crippen molar-refractivity contribution in [2.24, 2.45) is 5.92 Å². The standard InChI is InChI=1S/C20H24N2O5/c1-12-5-4-6-15-13(2)18(27-17(12)15)19(24)21(3)11-16(23)22-9-7-14(8-10-22)20(25)26/h4-6,14H,7-11H2,1-3H3,(H,25,26). The lowest BCUT2D eigenvalue weighted by Gasteiger charge is -2.31. The van der Waals surface area contributed by atoms with E-state index in [4.69, 9.17) is 9.52 Å². The number of piperidine rings is 1. The molecular formula is C20H24N2O5. The maximum absolute atomic E-state index is 12.8. The molecule has 0 spiro atoms. The van der Waals surface area contributed by atoms with E-state index in [0.717, 1.165) is 16.5 Å². The third kappa shape index (κ3) is 3.67. The number of benzene rings is 1. The van der Waals surface area contributed by atoms with Gasteiger partial charge in [0.15, 0.2) is 5.76 Å². The molecule has 0 atom stereocenters. The number of aryl methyl sites for hydroxylation is 2. The van der Waals surface area contributed by atoms with Crippen LogP contribution in [0.5, 0.6) is 0 Å². The van der Waals surface area contributed by atoms with E-state index < -0.39 is 11.9 Å². The summed E-state index contributed by atoms with van der Waals surface area (Å²) < 4.78 is 5.80. The number of amides is 2. The molecule has 0 saturated carbocycles. The Bertz CT molecular complexity index is 893. The summed E-state index contributed by atoms with van der Waals surface area (Å²) in [5.41, 5.74) is 2.41. The number of carboxylic acid groups (broad SMARTS) is 1. The second-order valence-electron chi connectivity index (χ2n) is 7.16. The Labute approximate surface area is 157 Å². The summed E-state index contributed by atoms with van der Waals surface area (Å²) in [5, 5.41) is 9.94. The molecule has 7 nitrogen and oxygen atoms in total. The fraction of sp³-hybridized carbons (Fsp3) is 0.450. The Morgan fingerprint density at radius 1 is 1.22 bits per heavy atom. The van der Waals surface area contributed by atoms with Crippen LogP contribution in [0.3, 0.4) is 0 Å². The minimum Gasteiger partial charge on any atom is -0.481 e. The van der Waals surface area contributed by atoms with Gasteiger partial charge in [0.1, 0.15) is 5.58 Å². The normalized spacial score (nSPS) is 15.1. The zero-order chi connectivity index (χ0) is 19.7. The second-order valence-corrected chi connectivity index (χ2v) is 7.16. The van der Waals surface area contributed by atoms with Crippen molar-refractivity contribution in [2.75, 3.05) is 26.7 Å². The lowest BCUT2D eigenvalue weighted by Crippen LogP contribution is -2.45. The van der Waals surface area contributed by atoms with Crippen molar-refractivity contribution < 1.29 is 23.9 Å². The fourth-order valence-electron chi connectivity index (χ4n) is 3.51. The van der Waals surface area contributed by atoms with E-state index in [1.54, 1.807) is 11.9 Å². The molecule has 3 rings (SSSR count).